The zero-order valence-electron chi connectivity index (χ0n) is 12.9. The Morgan fingerprint density at radius 2 is 1.95 bits per heavy atom. The van der Waals surface area contributed by atoms with Crippen LogP contribution in [0.3, 0.4) is 0 Å². The summed E-state index contributed by atoms with van der Waals surface area (Å²) >= 11 is 1.20. The van der Waals surface area contributed by atoms with Gasteiger partial charge in [0, 0.05) is 13.1 Å². The highest BCUT2D eigenvalue weighted by atomic mass is 32.2. The number of aliphatic carboxylic acids is 1. The maximum absolute atomic E-state index is 11.9. The summed E-state index contributed by atoms with van der Waals surface area (Å²) in [4.78, 5) is 36.4. The first-order valence-electron chi connectivity index (χ1n) is 7.50. The van der Waals surface area contributed by atoms with Gasteiger partial charge in [0.1, 0.15) is 6.04 Å². The van der Waals surface area contributed by atoms with Crippen molar-refractivity contribution in [3.63, 3.8) is 0 Å². The third-order valence-corrected chi connectivity index (χ3v) is 4.22. The van der Waals surface area contributed by atoms with E-state index in [2.05, 4.69) is 5.32 Å². The topological polar surface area (TPSA) is 95.9 Å². The van der Waals surface area contributed by atoms with E-state index in [0.717, 1.165) is 12.8 Å². The van der Waals surface area contributed by atoms with Crippen LogP contribution in [0.25, 0.3) is 0 Å². The molecule has 0 aromatic carbocycles. The quantitative estimate of drug-likeness (QED) is 0.632. The van der Waals surface area contributed by atoms with Crippen molar-refractivity contribution in [3.8, 4) is 0 Å². The van der Waals surface area contributed by atoms with Gasteiger partial charge < -0.3 is 20.1 Å². The smallest absolute Gasteiger partial charge is 0.326 e. The predicted molar refractivity (Wildman–Crippen MR) is 83.8 cm³/mol. The van der Waals surface area contributed by atoms with Gasteiger partial charge in [-0.2, -0.15) is 0 Å². The number of thioether (sulfide) groups is 1. The zero-order chi connectivity index (χ0) is 16.4. The number of carbonyl (C=O) groups is 3. The summed E-state index contributed by atoms with van der Waals surface area (Å²) in [5.74, 6) is -1.06. The lowest BCUT2D eigenvalue weighted by atomic mass is 10.1. The molecule has 1 saturated heterocycles. The summed E-state index contributed by atoms with van der Waals surface area (Å²) in [7, 11) is 0. The Kier molecular flexibility index (Phi) is 8.91. The molecule has 1 aliphatic heterocycles. The van der Waals surface area contributed by atoms with Crippen molar-refractivity contribution in [1.82, 2.24) is 10.2 Å². The van der Waals surface area contributed by atoms with Crippen molar-refractivity contribution in [2.45, 2.75) is 32.2 Å². The number of morpholine rings is 1. The van der Waals surface area contributed by atoms with E-state index in [-0.39, 0.29) is 23.3 Å². The van der Waals surface area contributed by atoms with E-state index in [0.29, 0.717) is 32.7 Å². The summed E-state index contributed by atoms with van der Waals surface area (Å²) in [6.07, 6.45) is 2.05. The van der Waals surface area contributed by atoms with Crippen LogP contribution in [0.5, 0.6) is 0 Å². The average Bonchev–Trinajstić information content (AvgIpc) is 2.51. The van der Waals surface area contributed by atoms with Gasteiger partial charge in [-0.3, -0.25) is 9.59 Å². The molecule has 0 bridgehead atoms. The summed E-state index contributed by atoms with van der Waals surface area (Å²) in [6, 6.07) is -0.844. The van der Waals surface area contributed by atoms with Crippen LogP contribution >= 0.6 is 11.8 Å². The molecule has 1 fully saturated rings. The van der Waals surface area contributed by atoms with Crippen LogP contribution in [0.1, 0.15) is 26.2 Å². The van der Waals surface area contributed by atoms with E-state index >= 15 is 0 Å². The molecule has 0 aromatic heterocycles. The van der Waals surface area contributed by atoms with Gasteiger partial charge in [-0.25, -0.2) is 4.79 Å². The lowest BCUT2D eigenvalue weighted by Gasteiger charge is -2.26. The maximum atomic E-state index is 11.9. The minimum atomic E-state index is -1.02. The van der Waals surface area contributed by atoms with Gasteiger partial charge in [-0.05, 0) is 6.42 Å². The molecular weight excluding hydrogens is 308 g/mol. The molecular formula is C14H24N2O5S. The highest BCUT2D eigenvalue weighted by Gasteiger charge is 2.20. The van der Waals surface area contributed by atoms with Crippen molar-refractivity contribution in [2.75, 3.05) is 37.8 Å². The number of hydrogen-bond acceptors (Lipinski definition) is 5. The second-order valence-electron chi connectivity index (χ2n) is 5.09. The number of ether oxygens (including phenoxy) is 1. The molecule has 0 unspecified atom stereocenters. The van der Waals surface area contributed by atoms with Gasteiger partial charge in [-0.1, -0.05) is 19.8 Å². The summed E-state index contributed by atoms with van der Waals surface area (Å²) in [5.41, 5.74) is 0. The van der Waals surface area contributed by atoms with Crippen molar-refractivity contribution in [1.29, 1.82) is 0 Å². The van der Waals surface area contributed by atoms with Crippen LogP contribution in [-0.2, 0) is 19.1 Å². The van der Waals surface area contributed by atoms with Crippen LogP contribution in [-0.4, -0.2) is 71.6 Å². The van der Waals surface area contributed by atoms with Gasteiger partial charge >= 0.3 is 5.97 Å². The van der Waals surface area contributed by atoms with E-state index in [9.17, 15) is 14.4 Å². The molecule has 7 nitrogen and oxygen atoms in total. The molecule has 0 spiro atoms. The Balaban J connectivity index is 2.23. The molecule has 22 heavy (non-hydrogen) atoms. The molecule has 1 aliphatic rings. The van der Waals surface area contributed by atoms with E-state index < -0.39 is 12.0 Å². The predicted octanol–water partition coefficient (Wildman–Crippen LogP) is 0.338. The van der Waals surface area contributed by atoms with E-state index in [4.69, 9.17) is 9.84 Å². The van der Waals surface area contributed by atoms with Crippen LogP contribution in [0.15, 0.2) is 0 Å². The minimum Gasteiger partial charge on any atom is -0.480 e. The molecule has 1 atom stereocenters. The fourth-order valence-electron chi connectivity index (χ4n) is 2.04. The molecule has 2 amide bonds. The number of hydrogen-bond donors (Lipinski definition) is 2. The monoisotopic (exact) mass is 332 g/mol. The van der Waals surface area contributed by atoms with Crippen molar-refractivity contribution < 1.29 is 24.2 Å². The SMILES string of the molecule is CCCC[C@H](NC(=O)CSCC(=O)N1CCOCC1)C(=O)O. The van der Waals surface area contributed by atoms with E-state index in [1.54, 1.807) is 4.90 Å². The Morgan fingerprint density at radius 1 is 1.27 bits per heavy atom. The molecule has 0 saturated carbocycles. The normalized spacial score (nSPS) is 16.1. The standard InChI is InChI=1S/C14H24N2O5S/c1-2-3-4-11(14(19)20)15-12(17)9-22-10-13(18)16-5-7-21-8-6-16/h11H,2-10H2,1H3,(H,15,17)(H,19,20)/t11-/m0/s1. The Bertz CT molecular complexity index is 385. The van der Waals surface area contributed by atoms with Crippen molar-refractivity contribution in [3.05, 3.63) is 0 Å². The number of carboxylic acids is 1. The largest absolute Gasteiger partial charge is 0.480 e. The average molecular weight is 332 g/mol. The fourth-order valence-corrected chi connectivity index (χ4v) is 2.76. The number of rotatable bonds is 9. The molecule has 126 valence electrons. The molecule has 2 N–H and O–H groups in total. The number of carbonyl (C=O) groups excluding carboxylic acids is 2. The van der Waals surface area contributed by atoms with E-state index in [1.807, 2.05) is 6.92 Å². The third kappa shape index (κ3) is 7.13. The van der Waals surface area contributed by atoms with E-state index in [1.165, 1.54) is 11.8 Å². The number of amides is 2. The summed E-state index contributed by atoms with van der Waals surface area (Å²) < 4.78 is 5.17. The number of unbranched alkanes of at least 4 members (excludes halogenated alkanes) is 1. The molecule has 1 rings (SSSR count). The van der Waals surface area contributed by atoms with Crippen molar-refractivity contribution >= 4 is 29.5 Å². The maximum Gasteiger partial charge on any atom is 0.326 e. The lowest BCUT2D eigenvalue weighted by molar-refractivity contribution is -0.141. The van der Waals surface area contributed by atoms with Gasteiger partial charge in [0.2, 0.25) is 11.8 Å². The van der Waals surface area contributed by atoms with Crippen LogP contribution < -0.4 is 5.32 Å². The molecule has 0 radical (unpaired) electrons. The van der Waals surface area contributed by atoms with Crippen molar-refractivity contribution in [2.24, 2.45) is 0 Å². The number of nitrogens with one attached hydrogen (secondary N) is 1. The Labute approximate surface area is 134 Å². The first kappa shape index (κ1) is 18.8. The first-order valence-corrected chi connectivity index (χ1v) is 8.65. The Morgan fingerprint density at radius 3 is 2.55 bits per heavy atom. The Hall–Kier alpha value is -1.28. The van der Waals surface area contributed by atoms with Crippen LogP contribution in [0.4, 0.5) is 0 Å². The zero-order valence-corrected chi connectivity index (χ0v) is 13.7. The highest BCUT2D eigenvalue weighted by molar-refractivity contribution is 8.00. The molecule has 8 heteroatoms. The minimum absolute atomic E-state index is 0.0122. The molecule has 1 heterocycles. The second kappa shape index (κ2) is 10.4. The van der Waals surface area contributed by atoms with Gasteiger partial charge in [0.25, 0.3) is 0 Å². The lowest BCUT2D eigenvalue weighted by Crippen LogP contribution is -2.43. The second-order valence-corrected chi connectivity index (χ2v) is 6.07. The molecule has 0 aromatic rings. The molecule has 0 aliphatic carbocycles. The van der Waals surface area contributed by atoms with Gasteiger partial charge in [-0.15, -0.1) is 11.8 Å². The highest BCUT2D eigenvalue weighted by Crippen LogP contribution is 2.06. The van der Waals surface area contributed by atoms with Crippen LogP contribution in [0, 0.1) is 0 Å². The summed E-state index contributed by atoms with van der Waals surface area (Å²) in [6.45, 7) is 4.24. The van der Waals surface area contributed by atoms with Gasteiger partial charge in [0.05, 0.1) is 24.7 Å². The first-order chi connectivity index (χ1) is 10.5. The third-order valence-electron chi connectivity index (χ3n) is 3.30. The summed E-state index contributed by atoms with van der Waals surface area (Å²) in [5, 5.41) is 11.5. The number of carboxylic acid groups (broad SMARTS) is 1. The fraction of sp³-hybridized carbons (Fsp3) is 0.786. The van der Waals surface area contributed by atoms with Crippen LogP contribution in [0.2, 0.25) is 0 Å². The van der Waals surface area contributed by atoms with Gasteiger partial charge in [0.15, 0.2) is 0 Å². The number of nitrogens with zero attached hydrogens (tertiary/aromatic N) is 1.